The fourth-order valence-electron chi connectivity index (χ4n) is 1.83. The summed E-state index contributed by atoms with van der Waals surface area (Å²) in [5.74, 6) is 1.53. The number of rotatable bonds is 5. The van der Waals surface area contributed by atoms with Gasteiger partial charge in [0.15, 0.2) is 0 Å². The van der Waals surface area contributed by atoms with Crippen LogP contribution < -0.4 is 10.1 Å². The van der Waals surface area contributed by atoms with E-state index in [0.717, 1.165) is 11.3 Å². The molecule has 0 fully saturated rings. The summed E-state index contributed by atoms with van der Waals surface area (Å²) in [6.07, 6.45) is 0. The summed E-state index contributed by atoms with van der Waals surface area (Å²) in [6.45, 7) is 1.35. The van der Waals surface area contributed by atoms with Crippen LogP contribution in [0.25, 0.3) is 0 Å². The lowest BCUT2D eigenvalue weighted by atomic mass is 10.2. The highest BCUT2D eigenvalue weighted by atomic mass is 19.3. The average Bonchev–Trinajstić information content (AvgIpc) is 2.35. The Morgan fingerprint density at radius 2 is 2.00 bits per heavy atom. The monoisotopic (exact) mass is 279 g/mol. The third kappa shape index (κ3) is 4.15. The van der Waals surface area contributed by atoms with E-state index in [1.54, 1.807) is 12.1 Å². The topological polar surface area (TPSA) is 47.0 Å². The van der Waals surface area contributed by atoms with Gasteiger partial charge in [0, 0.05) is 18.3 Å². The zero-order chi connectivity index (χ0) is 14.5. The van der Waals surface area contributed by atoms with E-state index in [2.05, 4.69) is 20.0 Å². The van der Waals surface area contributed by atoms with Crippen LogP contribution in [0.3, 0.4) is 0 Å². The van der Waals surface area contributed by atoms with E-state index in [1.165, 1.54) is 6.07 Å². The fraction of sp³-hybridized carbons (Fsp3) is 0.286. The third-order valence-corrected chi connectivity index (χ3v) is 2.56. The predicted molar refractivity (Wildman–Crippen MR) is 71.9 cm³/mol. The van der Waals surface area contributed by atoms with Crippen LogP contribution >= 0.6 is 0 Å². The molecule has 20 heavy (non-hydrogen) atoms. The summed E-state index contributed by atoms with van der Waals surface area (Å²) in [5, 5.41) is 3.13. The van der Waals surface area contributed by atoms with Crippen molar-refractivity contribution < 1.29 is 13.5 Å². The maximum absolute atomic E-state index is 12.1. The number of nitrogens with zero attached hydrogens (tertiary/aromatic N) is 2. The van der Waals surface area contributed by atoms with Crippen LogP contribution in [0, 0.1) is 13.8 Å². The number of alkyl halides is 2. The van der Waals surface area contributed by atoms with E-state index in [0.29, 0.717) is 18.2 Å². The van der Waals surface area contributed by atoms with E-state index in [1.807, 2.05) is 26.0 Å². The number of ether oxygens (including phenoxy) is 1. The van der Waals surface area contributed by atoms with Crippen molar-refractivity contribution in [3.8, 4) is 5.75 Å². The highest BCUT2D eigenvalue weighted by Gasteiger charge is 2.05. The van der Waals surface area contributed by atoms with Crippen LogP contribution in [0.4, 0.5) is 14.6 Å². The first-order valence-electron chi connectivity index (χ1n) is 6.13. The van der Waals surface area contributed by atoms with Gasteiger partial charge in [0.05, 0.1) is 0 Å². The van der Waals surface area contributed by atoms with E-state index in [4.69, 9.17) is 0 Å². The third-order valence-electron chi connectivity index (χ3n) is 2.56. The van der Waals surface area contributed by atoms with Gasteiger partial charge in [-0.3, -0.25) is 0 Å². The minimum atomic E-state index is -2.81. The number of benzene rings is 1. The zero-order valence-corrected chi connectivity index (χ0v) is 11.2. The summed E-state index contributed by atoms with van der Waals surface area (Å²) in [4.78, 5) is 8.43. The van der Waals surface area contributed by atoms with Gasteiger partial charge in [0.25, 0.3) is 0 Å². The first-order chi connectivity index (χ1) is 9.52. The Morgan fingerprint density at radius 3 is 2.70 bits per heavy atom. The van der Waals surface area contributed by atoms with Crippen molar-refractivity contribution in [2.24, 2.45) is 0 Å². The van der Waals surface area contributed by atoms with Crippen molar-refractivity contribution in [1.82, 2.24) is 9.97 Å². The molecule has 0 atom stereocenters. The van der Waals surface area contributed by atoms with Crippen LogP contribution in [0.2, 0.25) is 0 Å². The van der Waals surface area contributed by atoms with Crippen LogP contribution in [0.5, 0.6) is 5.75 Å². The lowest BCUT2D eigenvalue weighted by molar-refractivity contribution is -0.0498. The van der Waals surface area contributed by atoms with Gasteiger partial charge in [-0.1, -0.05) is 12.1 Å². The van der Waals surface area contributed by atoms with Gasteiger partial charge in [0.1, 0.15) is 17.4 Å². The first kappa shape index (κ1) is 14.2. The van der Waals surface area contributed by atoms with Gasteiger partial charge in [-0.25, -0.2) is 9.97 Å². The van der Waals surface area contributed by atoms with Crippen molar-refractivity contribution >= 4 is 5.82 Å². The molecule has 6 heteroatoms. The van der Waals surface area contributed by atoms with Crippen LogP contribution in [0.15, 0.2) is 30.3 Å². The molecular formula is C14H15F2N3O. The van der Waals surface area contributed by atoms with E-state index in [9.17, 15) is 8.78 Å². The summed E-state index contributed by atoms with van der Waals surface area (Å²) in [7, 11) is 0. The maximum Gasteiger partial charge on any atom is 0.387 e. The summed E-state index contributed by atoms with van der Waals surface area (Å²) in [6, 6.07) is 8.39. The smallest absolute Gasteiger partial charge is 0.387 e. The summed E-state index contributed by atoms with van der Waals surface area (Å²) >= 11 is 0. The van der Waals surface area contributed by atoms with Gasteiger partial charge in [-0.15, -0.1) is 0 Å². The normalized spacial score (nSPS) is 10.7. The molecule has 0 bridgehead atoms. The molecule has 0 aliphatic rings. The SMILES string of the molecule is Cc1cc(NCc2cccc(OC(F)F)c2)nc(C)n1. The number of aromatic nitrogens is 2. The molecule has 0 spiro atoms. The zero-order valence-electron chi connectivity index (χ0n) is 11.2. The first-order valence-corrected chi connectivity index (χ1v) is 6.13. The molecule has 4 nitrogen and oxygen atoms in total. The molecule has 106 valence electrons. The van der Waals surface area contributed by atoms with Gasteiger partial charge in [-0.05, 0) is 31.5 Å². The number of nitrogens with one attached hydrogen (secondary N) is 1. The Balaban J connectivity index is 2.03. The van der Waals surface area contributed by atoms with E-state index >= 15 is 0 Å². The van der Waals surface area contributed by atoms with Gasteiger partial charge >= 0.3 is 6.61 Å². The number of aryl methyl sites for hydroxylation is 2. The average molecular weight is 279 g/mol. The van der Waals surface area contributed by atoms with Crippen LogP contribution in [-0.2, 0) is 6.54 Å². The summed E-state index contributed by atoms with van der Waals surface area (Å²) < 4.78 is 28.6. The molecule has 0 aliphatic carbocycles. The van der Waals surface area contributed by atoms with Crippen molar-refractivity contribution in [2.75, 3.05) is 5.32 Å². The molecular weight excluding hydrogens is 264 g/mol. The van der Waals surface area contributed by atoms with Crippen LogP contribution in [-0.4, -0.2) is 16.6 Å². The lowest BCUT2D eigenvalue weighted by Gasteiger charge is -2.09. The molecule has 0 saturated carbocycles. The second kappa shape index (κ2) is 6.27. The summed E-state index contributed by atoms with van der Waals surface area (Å²) in [5.41, 5.74) is 1.70. The Bertz CT molecular complexity index is 570. The van der Waals surface area contributed by atoms with Crippen molar-refractivity contribution in [1.29, 1.82) is 0 Å². The fourth-order valence-corrected chi connectivity index (χ4v) is 1.83. The largest absolute Gasteiger partial charge is 0.435 e. The van der Waals surface area contributed by atoms with E-state index in [-0.39, 0.29) is 5.75 Å². The molecule has 0 unspecified atom stereocenters. The Labute approximate surface area is 115 Å². The second-order valence-electron chi connectivity index (χ2n) is 4.32. The molecule has 1 N–H and O–H groups in total. The molecule has 0 saturated heterocycles. The van der Waals surface area contributed by atoms with Gasteiger partial charge in [0.2, 0.25) is 0 Å². The minimum absolute atomic E-state index is 0.148. The number of halogens is 2. The highest BCUT2D eigenvalue weighted by molar-refractivity contribution is 5.38. The molecule has 1 heterocycles. The highest BCUT2D eigenvalue weighted by Crippen LogP contribution is 2.17. The van der Waals surface area contributed by atoms with Crippen molar-refractivity contribution in [3.05, 3.63) is 47.4 Å². The Hall–Kier alpha value is -2.24. The molecule has 2 aromatic rings. The number of anilines is 1. The lowest BCUT2D eigenvalue weighted by Crippen LogP contribution is -2.05. The quantitative estimate of drug-likeness (QED) is 0.912. The second-order valence-corrected chi connectivity index (χ2v) is 4.32. The Morgan fingerprint density at radius 1 is 1.20 bits per heavy atom. The molecule has 0 amide bonds. The standard InChI is InChI=1S/C14H15F2N3O/c1-9-6-13(19-10(2)18-9)17-8-11-4-3-5-12(7-11)20-14(15)16/h3-7,14H,8H2,1-2H3,(H,17,18,19). The van der Waals surface area contributed by atoms with Crippen molar-refractivity contribution in [2.45, 2.75) is 27.0 Å². The molecule has 1 aromatic carbocycles. The predicted octanol–water partition coefficient (Wildman–Crippen LogP) is 3.31. The van der Waals surface area contributed by atoms with Crippen molar-refractivity contribution in [3.63, 3.8) is 0 Å². The molecule has 1 aromatic heterocycles. The van der Waals surface area contributed by atoms with Gasteiger partial charge in [-0.2, -0.15) is 8.78 Å². The van der Waals surface area contributed by atoms with Gasteiger partial charge < -0.3 is 10.1 Å². The molecule has 0 aliphatic heterocycles. The minimum Gasteiger partial charge on any atom is -0.435 e. The van der Waals surface area contributed by atoms with E-state index < -0.39 is 6.61 Å². The number of hydrogen-bond acceptors (Lipinski definition) is 4. The maximum atomic E-state index is 12.1. The Kier molecular flexibility index (Phi) is 4.45. The molecule has 2 rings (SSSR count). The number of hydrogen-bond donors (Lipinski definition) is 1. The van der Waals surface area contributed by atoms with Crippen LogP contribution in [0.1, 0.15) is 17.1 Å². The molecule has 0 radical (unpaired) electrons.